The highest BCUT2D eigenvalue weighted by Crippen LogP contribution is 2.19. The second kappa shape index (κ2) is 10.2. The predicted octanol–water partition coefficient (Wildman–Crippen LogP) is 2.84. The summed E-state index contributed by atoms with van der Waals surface area (Å²) in [5.74, 6) is 1.12. The first-order valence-corrected chi connectivity index (χ1v) is 9.48. The van der Waals surface area contributed by atoms with E-state index in [2.05, 4.69) is 20.4 Å². The van der Waals surface area contributed by atoms with Gasteiger partial charge in [-0.25, -0.2) is 14.6 Å². The van der Waals surface area contributed by atoms with Crippen molar-refractivity contribution in [3.63, 3.8) is 0 Å². The smallest absolute Gasteiger partial charge is 0.251 e. The minimum Gasteiger partial charge on any atom is -0.492 e. The molecule has 3 rings (SSSR count). The second-order valence-electron chi connectivity index (χ2n) is 6.90. The van der Waals surface area contributed by atoms with Gasteiger partial charge in [0.25, 0.3) is 5.95 Å². The number of nitrogens with two attached hydrogens (primary N) is 1. The topological polar surface area (TPSA) is 108 Å². The Bertz CT molecular complexity index is 997. The van der Waals surface area contributed by atoms with Crippen LogP contribution in [0.2, 0.25) is 0 Å². The van der Waals surface area contributed by atoms with Crippen LogP contribution in [-0.4, -0.2) is 38.8 Å². The first kappa shape index (κ1) is 23.3. The van der Waals surface area contributed by atoms with Gasteiger partial charge in [-0.1, -0.05) is 0 Å². The van der Waals surface area contributed by atoms with Gasteiger partial charge in [-0.15, -0.1) is 12.4 Å². The Kier molecular flexibility index (Phi) is 7.91. The molecule has 0 spiro atoms. The fraction of sp³-hybridized carbons (Fsp3) is 0.333. The number of carbonyl (C=O) groups is 1. The molecular formula is C21H27ClN6O2. The highest BCUT2D eigenvalue weighted by molar-refractivity contribution is 5.92. The van der Waals surface area contributed by atoms with Crippen LogP contribution >= 0.6 is 12.4 Å². The van der Waals surface area contributed by atoms with E-state index in [1.54, 1.807) is 28.9 Å². The lowest BCUT2D eigenvalue weighted by Gasteiger charge is -2.08. The average molecular weight is 431 g/mol. The molecule has 0 aliphatic carbocycles. The van der Waals surface area contributed by atoms with Crippen LogP contribution in [0.3, 0.4) is 0 Å². The highest BCUT2D eigenvalue weighted by atomic mass is 35.5. The van der Waals surface area contributed by atoms with E-state index >= 15 is 0 Å². The summed E-state index contributed by atoms with van der Waals surface area (Å²) in [5, 5.41) is 7.46. The molecule has 160 valence electrons. The molecule has 0 saturated carbocycles. The summed E-state index contributed by atoms with van der Waals surface area (Å²) >= 11 is 0. The Balaban J connectivity index is 0.00000320. The third kappa shape index (κ3) is 5.55. The number of hydrogen-bond acceptors (Lipinski definition) is 6. The van der Waals surface area contributed by atoms with Crippen molar-refractivity contribution in [1.29, 1.82) is 0 Å². The molecule has 2 heterocycles. The van der Waals surface area contributed by atoms with Crippen molar-refractivity contribution in [3.8, 4) is 11.7 Å². The molecular weight excluding hydrogens is 404 g/mol. The lowest BCUT2D eigenvalue weighted by Crippen LogP contribution is -2.15. The zero-order chi connectivity index (χ0) is 21.0. The number of halogens is 1. The molecule has 0 unspecified atom stereocenters. The minimum absolute atomic E-state index is 0. The predicted molar refractivity (Wildman–Crippen MR) is 119 cm³/mol. The molecule has 0 fully saturated rings. The summed E-state index contributed by atoms with van der Waals surface area (Å²) in [6, 6.07) is 9.12. The van der Waals surface area contributed by atoms with Crippen LogP contribution in [0.1, 0.15) is 28.3 Å². The fourth-order valence-electron chi connectivity index (χ4n) is 3.10. The van der Waals surface area contributed by atoms with Crippen molar-refractivity contribution in [3.05, 3.63) is 58.7 Å². The number of aryl methyl sites for hydroxylation is 3. The van der Waals surface area contributed by atoms with Gasteiger partial charge in [0, 0.05) is 34.9 Å². The van der Waals surface area contributed by atoms with Crippen molar-refractivity contribution >= 4 is 24.0 Å². The Hall–Kier alpha value is -2.97. The van der Waals surface area contributed by atoms with E-state index in [-0.39, 0.29) is 24.7 Å². The molecule has 8 nitrogen and oxygen atoms in total. The molecule has 2 aromatic heterocycles. The zero-order valence-electron chi connectivity index (χ0n) is 17.6. The fourth-order valence-corrected chi connectivity index (χ4v) is 3.10. The molecule has 0 aliphatic heterocycles. The second-order valence-corrected chi connectivity index (χ2v) is 6.90. The average Bonchev–Trinajstić information content (AvgIpc) is 2.95. The Morgan fingerprint density at radius 1 is 1.10 bits per heavy atom. The molecule has 0 aliphatic rings. The first-order valence-electron chi connectivity index (χ1n) is 9.48. The van der Waals surface area contributed by atoms with E-state index in [0.717, 1.165) is 34.1 Å². The quantitative estimate of drug-likeness (QED) is 0.596. The number of anilines is 1. The summed E-state index contributed by atoms with van der Waals surface area (Å²) < 4.78 is 7.14. The van der Waals surface area contributed by atoms with Gasteiger partial charge in [0.2, 0.25) is 5.91 Å². The number of amides is 1. The number of aromatic nitrogens is 4. The van der Waals surface area contributed by atoms with Gasteiger partial charge in [0.15, 0.2) is 0 Å². The van der Waals surface area contributed by atoms with E-state index in [1.807, 2.05) is 33.8 Å². The maximum absolute atomic E-state index is 12.6. The van der Waals surface area contributed by atoms with E-state index in [4.69, 9.17) is 10.5 Å². The third-order valence-corrected chi connectivity index (χ3v) is 4.46. The number of nitrogens with one attached hydrogen (secondary N) is 1. The lowest BCUT2D eigenvalue weighted by molar-refractivity contribution is -0.115. The summed E-state index contributed by atoms with van der Waals surface area (Å²) in [6.07, 6.45) is 0.216. The molecule has 9 heteroatoms. The van der Waals surface area contributed by atoms with Gasteiger partial charge in [-0.3, -0.25) is 4.79 Å². The number of ether oxygens (including phenoxy) is 1. The molecule has 0 saturated heterocycles. The Morgan fingerprint density at radius 3 is 2.33 bits per heavy atom. The summed E-state index contributed by atoms with van der Waals surface area (Å²) in [5.41, 5.74) is 10.4. The van der Waals surface area contributed by atoms with Crippen molar-refractivity contribution in [2.75, 3.05) is 18.5 Å². The molecule has 1 aromatic carbocycles. The van der Waals surface area contributed by atoms with Crippen LogP contribution in [0.15, 0.2) is 30.3 Å². The molecule has 3 aromatic rings. The number of hydrogen-bond donors (Lipinski definition) is 2. The van der Waals surface area contributed by atoms with Crippen molar-refractivity contribution in [2.24, 2.45) is 5.73 Å². The molecule has 1 amide bonds. The SMILES string of the molecule is Cc1cc(C)nc(-n2nc(C)c(CC(=O)Nc3ccc(OCCN)cc3)c2C)n1.Cl. The maximum Gasteiger partial charge on any atom is 0.251 e. The molecule has 3 N–H and O–H groups in total. The summed E-state index contributed by atoms with van der Waals surface area (Å²) in [4.78, 5) is 21.5. The van der Waals surface area contributed by atoms with Crippen molar-refractivity contribution in [1.82, 2.24) is 19.7 Å². The van der Waals surface area contributed by atoms with Crippen LogP contribution in [0.25, 0.3) is 5.95 Å². The number of rotatable bonds is 7. The minimum atomic E-state index is -0.118. The summed E-state index contributed by atoms with van der Waals surface area (Å²) in [7, 11) is 0. The van der Waals surface area contributed by atoms with E-state index in [0.29, 0.717) is 24.8 Å². The van der Waals surface area contributed by atoms with Crippen LogP contribution in [0, 0.1) is 27.7 Å². The molecule has 0 radical (unpaired) electrons. The van der Waals surface area contributed by atoms with Gasteiger partial charge in [-0.05, 0) is 58.0 Å². The summed E-state index contributed by atoms with van der Waals surface area (Å²) in [6.45, 7) is 8.57. The van der Waals surface area contributed by atoms with Gasteiger partial charge >= 0.3 is 0 Å². The third-order valence-electron chi connectivity index (χ3n) is 4.46. The van der Waals surface area contributed by atoms with Crippen LogP contribution < -0.4 is 15.8 Å². The van der Waals surface area contributed by atoms with Crippen LogP contribution in [0.5, 0.6) is 5.75 Å². The van der Waals surface area contributed by atoms with Crippen molar-refractivity contribution < 1.29 is 9.53 Å². The standard InChI is InChI=1S/C21H26N6O2.ClH/c1-13-11-14(2)24-21(23-13)27-16(4)19(15(3)26-27)12-20(28)25-17-5-7-18(8-6-17)29-10-9-22;/h5-8,11H,9-10,12,22H2,1-4H3,(H,25,28);1H. The largest absolute Gasteiger partial charge is 0.492 e. The Morgan fingerprint density at radius 2 is 1.73 bits per heavy atom. The number of benzene rings is 1. The molecule has 30 heavy (non-hydrogen) atoms. The highest BCUT2D eigenvalue weighted by Gasteiger charge is 2.17. The number of carbonyl (C=O) groups excluding carboxylic acids is 1. The first-order chi connectivity index (χ1) is 13.9. The van der Waals surface area contributed by atoms with Gasteiger partial charge in [-0.2, -0.15) is 5.10 Å². The van der Waals surface area contributed by atoms with E-state index in [9.17, 15) is 4.79 Å². The van der Waals surface area contributed by atoms with E-state index in [1.165, 1.54) is 0 Å². The van der Waals surface area contributed by atoms with Gasteiger partial charge in [0.1, 0.15) is 12.4 Å². The van der Waals surface area contributed by atoms with Crippen LogP contribution in [-0.2, 0) is 11.2 Å². The molecule has 0 atom stereocenters. The van der Waals surface area contributed by atoms with E-state index < -0.39 is 0 Å². The Labute approximate surface area is 182 Å². The monoisotopic (exact) mass is 430 g/mol. The van der Waals surface area contributed by atoms with Crippen LogP contribution in [0.4, 0.5) is 5.69 Å². The molecule has 0 bridgehead atoms. The number of nitrogens with zero attached hydrogens (tertiary/aromatic N) is 4. The van der Waals surface area contributed by atoms with Crippen molar-refractivity contribution in [2.45, 2.75) is 34.1 Å². The van der Waals surface area contributed by atoms with Gasteiger partial charge in [0.05, 0.1) is 12.1 Å². The lowest BCUT2D eigenvalue weighted by atomic mass is 10.1. The van der Waals surface area contributed by atoms with Gasteiger partial charge < -0.3 is 15.8 Å². The maximum atomic E-state index is 12.6. The zero-order valence-corrected chi connectivity index (χ0v) is 18.4. The normalized spacial score (nSPS) is 10.4.